The van der Waals surface area contributed by atoms with Crippen LogP contribution in [0.15, 0.2) is 23.5 Å². The first-order chi connectivity index (χ1) is 16.0. The first-order valence-electron chi connectivity index (χ1n) is 11.6. The standard InChI is InChI=1S/C24H31F3N4O3/c1-5-17-19(22(33)34-12-16-6-7-16)30-9-8-29(18-14(3)10-13(2)11-15(18)4)23(30)31(17)20(21(28)32)24(25,26)27/h10-11,16,20,23H,5-9,12H2,1-4H3,(H2,28,32). The second-order valence-electron chi connectivity index (χ2n) is 9.43. The summed E-state index contributed by atoms with van der Waals surface area (Å²) >= 11 is 0. The summed E-state index contributed by atoms with van der Waals surface area (Å²) in [6.07, 6.45) is -3.87. The Morgan fingerprint density at radius 2 is 1.71 bits per heavy atom. The summed E-state index contributed by atoms with van der Waals surface area (Å²) in [5.41, 5.74) is 9.18. The first kappa shape index (κ1) is 24.2. The van der Waals surface area contributed by atoms with Crippen molar-refractivity contribution in [1.82, 2.24) is 9.80 Å². The third kappa shape index (κ3) is 4.18. The van der Waals surface area contributed by atoms with E-state index in [-0.39, 0.29) is 24.4 Å². The molecule has 7 nitrogen and oxygen atoms in total. The maximum absolute atomic E-state index is 14.2. The van der Waals surface area contributed by atoms with Crippen molar-refractivity contribution in [3.05, 3.63) is 40.2 Å². The van der Waals surface area contributed by atoms with Crippen LogP contribution in [0.3, 0.4) is 0 Å². The maximum atomic E-state index is 14.2. The molecule has 1 aliphatic carbocycles. The van der Waals surface area contributed by atoms with Crippen molar-refractivity contribution >= 4 is 17.6 Å². The summed E-state index contributed by atoms with van der Waals surface area (Å²) < 4.78 is 48.1. The fourth-order valence-electron chi connectivity index (χ4n) is 5.30. The molecule has 34 heavy (non-hydrogen) atoms. The van der Waals surface area contributed by atoms with Crippen LogP contribution in [-0.2, 0) is 14.3 Å². The van der Waals surface area contributed by atoms with Crippen molar-refractivity contribution in [2.75, 3.05) is 24.6 Å². The van der Waals surface area contributed by atoms with Crippen LogP contribution in [0.25, 0.3) is 0 Å². The van der Waals surface area contributed by atoms with E-state index in [4.69, 9.17) is 10.5 Å². The van der Waals surface area contributed by atoms with Gasteiger partial charge >= 0.3 is 12.1 Å². The molecule has 1 aromatic carbocycles. The number of nitrogens with two attached hydrogens (primary N) is 1. The number of fused-ring (bicyclic) bond motifs is 1. The first-order valence-corrected chi connectivity index (χ1v) is 11.6. The Morgan fingerprint density at radius 1 is 1.12 bits per heavy atom. The molecule has 10 heteroatoms. The Bertz CT molecular complexity index is 1010. The van der Waals surface area contributed by atoms with Crippen molar-refractivity contribution in [1.29, 1.82) is 0 Å². The lowest BCUT2D eigenvalue weighted by Crippen LogP contribution is -2.60. The third-order valence-electron chi connectivity index (χ3n) is 6.72. The zero-order valence-corrected chi connectivity index (χ0v) is 19.9. The fraction of sp³-hybridized carbons (Fsp3) is 0.583. The highest BCUT2D eigenvalue weighted by atomic mass is 19.4. The number of nitrogens with zero attached hydrogens (tertiary/aromatic N) is 3. The summed E-state index contributed by atoms with van der Waals surface area (Å²) in [4.78, 5) is 29.8. The Labute approximate surface area is 197 Å². The molecular weight excluding hydrogens is 449 g/mol. The van der Waals surface area contributed by atoms with Crippen LogP contribution in [0.1, 0.15) is 42.9 Å². The van der Waals surface area contributed by atoms with Crippen molar-refractivity contribution in [3.63, 3.8) is 0 Å². The van der Waals surface area contributed by atoms with E-state index in [0.717, 1.165) is 40.1 Å². The molecule has 0 aromatic heterocycles. The van der Waals surface area contributed by atoms with E-state index in [9.17, 15) is 22.8 Å². The molecule has 2 aliphatic heterocycles. The van der Waals surface area contributed by atoms with Gasteiger partial charge in [0.25, 0.3) is 0 Å². The number of benzene rings is 1. The van der Waals surface area contributed by atoms with E-state index in [1.54, 1.807) is 11.8 Å². The Morgan fingerprint density at radius 3 is 2.21 bits per heavy atom. The topological polar surface area (TPSA) is 79.1 Å². The van der Waals surface area contributed by atoms with E-state index >= 15 is 0 Å². The van der Waals surface area contributed by atoms with Gasteiger partial charge in [-0.25, -0.2) is 4.79 Å². The molecule has 1 aromatic rings. The minimum atomic E-state index is -4.92. The Balaban J connectivity index is 1.83. The van der Waals surface area contributed by atoms with Crippen LogP contribution in [0.5, 0.6) is 0 Å². The average molecular weight is 481 g/mol. The van der Waals surface area contributed by atoms with Gasteiger partial charge in [-0.05, 0) is 57.1 Å². The monoisotopic (exact) mass is 480 g/mol. The van der Waals surface area contributed by atoms with Crippen LogP contribution in [0.2, 0.25) is 0 Å². The molecule has 3 aliphatic rings. The number of amides is 1. The fourth-order valence-corrected chi connectivity index (χ4v) is 5.30. The quantitative estimate of drug-likeness (QED) is 0.604. The number of primary amides is 1. The minimum Gasteiger partial charge on any atom is -0.461 e. The number of carbonyl (C=O) groups excluding carboxylic acids is 2. The molecule has 0 spiro atoms. The highest BCUT2D eigenvalue weighted by Gasteiger charge is 2.58. The molecule has 2 atom stereocenters. The number of ether oxygens (including phenoxy) is 1. The smallest absolute Gasteiger partial charge is 0.417 e. The van der Waals surface area contributed by atoms with Gasteiger partial charge < -0.3 is 25.2 Å². The van der Waals surface area contributed by atoms with Crippen molar-refractivity contribution in [2.45, 2.75) is 65.5 Å². The number of hydrogen-bond donors (Lipinski definition) is 1. The van der Waals surface area contributed by atoms with Gasteiger partial charge in [0.15, 0.2) is 6.29 Å². The van der Waals surface area contributed by atoms with Gasteiger partial charge in [-0.2, -0.15) is 13.2 Å². The lowest BCUT2D eigenvalue weighted by Gasteiger charge is -2.41. The zero-order chi connectivity index (χ0) is 24.9. The zero-order valence-electron chi connectivity index (χ0n) is 19.9. The molecule has 1 saturated carbocycles. The van der Waals surface area contributed by atoms with Crippen LogP contribution < -0.4 is 10.6 Å². The number of rotatable bonds is 7. The summed E-state index contributed by atoms with van der Waals surface area (Å²) in [5.74, 6) is -1.85. The summed E-state index contributed by atoms with van der Waals surface area (Å²) in [7, 11) is 0. The average Bonchev–Trinajstić information content (AvgIpc) is 3.37. The van der Waals surface area contributed by atoms with Crippen molar-refractivity contribution < 1.29 is 27.5 Å². The molecule has 1 saturated heterocycles. The number of alkyl halides is 3. The number of hydrogen-bond acceptors (Lipinski definition) is 6. The largest absolute Gasteiger partial charge is 0.461 e. The van der Waals surface area contributed by atoms with Crippen LogP contribution in [-0.4, -0.2) is 59.9 Å². The minimum absolute atomic E-state index is 0.0913. The van der Waals surface area contributed by atoms with Crippen molar-refractivity contribution in [3.8, 4) is 0 Å². The Kier molecular flexibility index (Phi) is 6.20. The lowest BCUT2D eigenvalue weighted by molar-refractivity contribution is -0.189. The van der Waals surface area contributed by atoms with Gasteiger partial charge in [-0.15, -0.1) is 0 Å². The number of anilines is 1. The number of aryl methyl sites for hydroxylation is 3. The molecule has 1 amide bonds. The highest BCUT2D eigenvalue weighted by Crippen LogP contribution is 2.44. The van der Waals surface area contributed by atoms with Gasteiger partial charge in [0.1, 0.15) is 5.70 Å². The predicted octanol–water partition coefficient (Wildman–Crippen LogP) is 3.32. The predicted molar refractivity (Wildman–Crippen MR) is 120 cm³/mol. The highest BCUT2D eigenvalue weighted by molar-refractivity contribution is 5.90. The van der Waals surface area contributed by atoms with E-state index in [1.807, 2.05) is 37.8 Å². The van der Waals surface area contributed by atoms with E-state index in [1.165, 1.54) is 0 Å². The van der Waals surface area contributed by atoms with Gasteiger partial charge in [-0.1, -0.05) is 24.6 Å². The third-order valence-corrected chi connectivity index (χ3v) is 6.72. The van der Waals surface area contributed by atoms with Gasteiger partial charge in [0, 0.05) is 24.5 Å². The maximum Gasteiger partial charge on any atom is 0.417 e. The molecule has 0 radical (unpaired) electrons. The molecular formula is C24H31F3N4O3. The summed E-state index contributed by atoms with van der Waals surface area (Å²) in [6.45, 7) is 8.38. The summed E-state index contributed by atoms with van der Waals surface area (Å²) in [5, 5.41) is 0. The van der Waals surface area contributed by atoms with Crippen molar-refractivity contribution in [2.24, 2.45) is 11.7 Å². The molecule has 0 bridgehead atoms. The van der Waals surface area contributed by atoms with E-state index < -0.39 is 30.4 Å². The molecule has 2 heterocycles. The van der Waals surface area contributed by atoms with E-state index in [0.29, 0.717) is 19.0 Å². The van der Waals surface area contributed by atoms with Crippen LogP contribution in [0, 0.1) is 26.7 Å². The number of allylic oxidation sites excluding steroid dienone is 1. The number of halogens is 3. The molecule has 4 rings (SSSR count). The van der Waals surface area contributed by atoms with Gasteiger partial charge in [0.2, 0.25) is 11.9 Å². The normalized spacial score (nSPS) is 21.3. The molecule has 2 unspecified atom stereocenters. The van der Waals surface area contributed by atoms with Crippen LogP contribution >= 0.6 is 0 Å². The van der Waals surface area contributed by atoms with Crippen LogP contribution in [0.4, 0.5) is 18.9 Å². The SMILES string of the molecule is CCC1=C(C(=O)OCC2CC2)N2CCN(c3c(C)cc(C)cc3C)C2N1C(C(N)=O)C(F)(F)F. The Hall–Kier alpha value is -2.91. The second-order valence-corrected chi connectivity index (χ2v) is 9.43. The van der Waals surface area contributed by atoms with E-state index in [2.05, 4.69) is 0 Å². The van der Waals surface area contributed by atoms with Gasteiger partial charge in [-0.3, -0.25) is 4.79 Å². The molecule has 2 fully saturated rings. The lowest BCUT2D eigenvalue weighted by atomic mass is 10.0. The molecule has 186 valence electrons. The second kappa shape index (κ2) is 8.70. The summed E-state index contributed by atoms with van der Waals surface area (Å²) in [6, 6.07) is 1.37. The van der Waals surface area contributed by atoms with Gasteiger partial charge in [0.05, 0.1) is 6.61 Å². The number of esters is 1. The molecule has 2 N–H and O–H groups in total. The number of carbonyl (C=O) groups is 2.